The molecular weight excluding hydrogens is 188 g/mol. The molecular formula is C9H8O3S. The molecule has 0 bridgehead atoms. The van der Waals surface area contributed by atoms with E-state index in [1.807, 2.05) is 0 Å². The fraction of sp³-hybridized carbons (Fsp3) is 0.111. The highest BCUT2D eigenvalue weighted by Crippen LogP contribution is 2.38. The molecule has 0 spiro atoms. The Hall–Kier alpha value is -1.26. The Kier molecular flexibility index (Phi) is 1.86. The van der Waals surface area contributed by atoms with Crippen molar-refractivity contribution in [3.05, 3.63) is 23.1 Å². The summed E-state index contributed by atoms with van der Waals surface area (Å²) in [4.78, 5) is 0. The lowest BCUT2D eigenvalue weighted by molar-refractivity contribution is 0.283. The summed E-state index contributed by atoms with van der Waals surface area (Å²) in [5, 5.41) is 30.1. The van der Waals surface area contributed by atoms with Crippen LogP contribution in [0.5, 0.6) is 11.5 Å². The minimum atomic E-state index is -0.128. The molecule has 3 nitrogen and oxygen atoms in total. The maximum atomic E-state index is 9.48. The van der Waals surface area contributed by atoms with Gasteiger partial charge in [-0.2, -0.15) is 0 Å². The van der Waals surface area contributed by atoms with Crippen molar-refractivity contribution in [2.45, 2.75) is 6.61 Å². The predicted molar refractivity (Wildman–Crippen MR) is 51.1 cm³/mol. The summed E-state index contributed by atoms with van der Waals surface area (Å²) in [7, 11) is 0. The van der Waals surface area contributed by atoms with Crippen molar-refractivity contribution >= 4 is 21.4 Å². The number of aliphatic hydroxyl groups excluding tert-OH is 1. The van der Waals surface area contributed by atoms with Gasteiger partial charge in [0.1, 0.15) is 11.5 Å². The van der Waals surface area contributed by atoms with Gasteiger partial charge in [-0.05, 0) is 23.1 Å². The lowest BCUT2D eigenvalue weighted by Gasteiger charge is -1.99. The smallest absolute Gasteiger partial charge is 0.133 e. The van der Waals surface area contributed by atoms with E-state index in [1.54, 1.807) is 5.38 Å². The monoisotopic (exact) mass is 196 g/mol. The maximum absolute atomic E-state index is 9.48. The fourth-order valence-electron chi connectivity index (χ4n) is 1.30. The molecule has 2 aromatic rings. The van der Waals surface area contributed by atoms with E-state index in [-0.39, 0.29) is 18.1 Å². The van der Waals surface area contributed by atoms with E-state index in [4.69, 9.17) is 5.11 Å². The van der Waals surface area contributed by atoms with Crippen LogP contribution in [-0.4, -0.2) is 15.3 Å². The molecule has 0 amide bonds. The molecule has 68 valence electrons. The second-order valence-electron chi connectivity index (χ2n) is 2.73. The third-order valence-electron chi connectivity index (χ3n) is 1.93. The first kappa shape index (κ1) is 8.34. The molecule has 0 saturated heterocycles. The zero-order valence-electron chi connectivity index (χ0n) is 6.69. The van der Waals surface area contributed by atoms with E-state index in [9.17, 15) is 10.2 Å². The Morgan fingerprint density at radius 2 is 1.85 bits per heavy atom. The van der Waals surface area contributed by atoms with Crippen molar-refractivity contribution in [2.75, 3.05) is 0 Å². The minimum Gasteiger partial charge on any atom is -0.507 e. The molecule has 3 N–H and O–H groups in total. The zero-order chi connectivity index (χ0) is 9.42. The number of hydrogen-bond acceptors (Lipinski definition) is 4. The van der Waals surface area contributed by atoms with Crippen LogP contribution >= 0.6 is 11.3 Å². The van der Waals surface area contributed by atoms with Crippen molar-refractivity contribution in [1.29, 1.82) is 0 Å². The van der Waals surface area contributed by atoms with Gasteiger partial charge in [0.25, 0.3) is 0 Å². The zero-order valence-corrected chi connectivity index (χ0v) is 7.51. The molecule has 0 atom stereocenters. The van der Waals surface area contributed by atoms with Crippen molar-refractivity contribution in [3.8, 4) is 11.5 Å². The highest BCUT2D eigenvalue weighted by molar-refractivity contribution is 7.17. The molecule has 0 aliphatic carbocycles. The Morgan fingerprint density at radius 3 is 2.54 bits per heavy atom. The summed E-state index contributed by atoms with van der Waals surface area (Å²) in [5.74, 6) is 0.232. The lowest BCUT2D eigenvalue weighted by atomic mass is 10.1. The van der Waals surface area contributed by atoms with Gasteiger partial charge in [0, 0.05) is 5.39 Å². The number of phenols is 2. The van der Waals surface area contributed by atoms with Gasteiger partial charge >= 0.3 is 0 Å². The highest BCUT2D eigenvalue weighted by atomic mass is 32.1. The van der Waals surface area contributed by atoms with Crippen molar-refractivity contribution in [1.82, 2.24) is 0 Å². The van der Waals surface area contributed by atoms with Crippen molar-refractivity contribution < 1.29 is 15.3 Å². The van der Waals surface area contributed by atoms with E-state index >= 15 is 0 Å². The number of rotatable bonds is 1. The molecule has 1 aromatic carbocycles. The van der Waals surface area contributed by atoms with Gasteiger partial charge < -0.3 is 15.3 Å². The van der Waals surface area contributed by atoms with E-state index in [2.05, 4.69) is 0 Å². The van der Waals surface area contributed by atoms with Gasteiger partial charge in [0.15, 0.2) is 0 Å². The Balaban J connectivity index is 2.87. The molecule has 0 saturated carbocycles. The number of phenolic OH excluding ortho intramolecular Hbond substituents is 2. The van der Waals surface area contributed by atoms with Gasteiger partial charge in [0.05, 0.1) is 11.3 Å². The predicted octanol–water partition coefficient (Wildman–Crippen LogP) is 1.80. The van der Waals surface area contributed by atoms with Crippen molar-refractivity contribution in [3.63, 3.8) is 0 Å². The largest absolute Gasteiger partial charge is 0.507 e. The van der Waals surface area contributed by atoms with Gasteiger partial charge in [-0.25, -0.2) is 0 Å². The van der Waals surface area contributed by atoms with Crippen molar-refractivity contribution in [2.24, 2.45) is 0 Å². The molecule has 0 unspecified atom stereocenters. The molecule has 0 aliphatic rings. The average molecular weight is 196 g/mol. The lowest BCUT2D eigenvalue weighted by Crippen LogP contribution is -1.79. The highest BCUT2D eigenvalue weighted by Gasteiger charge is 2.10. The number of aromatic hydroxyl groups is 2. The van der Waals surface area contributed by atoms with Gasteiger partial charge in [0.2, 0.25) is 0 Å². The average Bonchev–Trinajstić information content (AvgIpc) is 2.56. The Bertz CT molecular complexity index is 447. The summed E-state index contributed by atoms with van der Waals surface area (Å²) in [5.41, 5.74) is 0.647. The van der Waals surface area contributed by atoms with Crippen LogP contribution in [0.15, 0.2) is 17.5 Å². The van der Waals surface area contributed by atoms with Gasteiger partial charge in [-0.1, -0.05) is 0 Å². The SMILES string of the molecule is OCc1csc2c(O)ccc(O)c12. The first-order chi connectivity index (χ1) is 6.24. The molecule has 2 rings (SSSR count). The number of fused-ring (bicyclic) bond motifs is 1. The first-order valence-electron chi connectivity index (χ1n) is 3.76. The second kappa shape index (κ2) is 2.90. The van der Waals surface area contributed by atoms with E-state index < -0.39 is 0 Å². The summed E-state index contributed by atoms with van der Waals surface area (Å²) < 4.78 is 0.615. The quantitative estimate of drug-likeness (QED) is 0.609. The van der Waals surface area contributed by atoms with Gasteiger partial charge in [-0.3, -0.25) is 0 Å². The molecule has 0 aliphatic heterocycles. The number of hydrogen-bond donors (Lipinski definition) is 3. The second-order valence-corrected chi connectivity index (χ2v) is 3.61. The van der Waals surface area contributed by atoms with Crippen LogP contribution in [-0.2, 0) is 6.61 Å². The fourth-order valence-corrected chi connectivity index (χ4v) is 2.29. The Morgan fingerprint density at radius 1 is 1.15 bits per heavy atom. The normalized spacial score (nSPS) is 10.8. The minimum absolute atomic E-state index is 0.0955. The standard InChI is InChI=1S/C9H8O3S/c10-3-5-4-13-9-7(12)2-1-6(11)8(5)9/h1-2,4,10-12H,3H2. The number of benzene rings is 1. The summed E-state index contributed by atoms with van der Waals surface area (Å²) >= 11 is 1.31. The Labute approximate surface area is 78.5 Å². The molecule has 0 fully saturated rings. The third-order valence-corrected chi connectivity index (χ3v) is 2.98. The molecule has 13 heavy (non-hydrogen) atoms. The first-order valence-corrected chi connectivity index (χ1v) is 4.64. The van der Waals surface area contributed by atoms with Crippen LogP contribution in [0.4, 0.5) is 0 Å². The van der Waals surface area contributed by atoms with Crippen LogP contribution in [0.2, 0.25) is 0 Å². The number of thiophene rings is 1. The summed E-state index contributed by atoms with van der Waals surface area (Å²) in [6.07, 6.45) is 0. The number of aliphatic hydroxyl groups is 1. The van der Waals surface area contributed by atoms with Crippen LogP contribution in [0.25, 0.3) is 10.1 Å². The van der Waals surface area contributed by atoms with Crippen LogP contribution in [0.1, 0.15) is 5.56 Å². The van der Waals surface area contributed by atoms with Gasteiger partial charge in [-0.15, -0.1) is 11.3 Å². The molecule has 1 heterocycles. The molecule has 1 aromatic heterocycles. The van der Waals surface area contributed by atoms with Crippen LogP contribution in [0.3, 0.4) is 0 Å². The summed E-state index contributed by atoms with van der Waals surface area (Å²) in [6, 6.07) is 2.86. The third kappa shape index (κ3) is 1.15. The topological polar surface area (TPSA) is 60.7 Å². The van der Waals surface area contributed by atoms with Crippen LogP contribution in [0, 0.1) is 0 Å². The maximum Gasteiger partial charge on any atom is 0.133 e. The van der Waals surface area contributed by atoms with E-state index in [1.165, 1.54) is 23.5 Å². The van der Waals surface area contributed by atoms with E-state index in [0.29, 0.717) is 15.6 Å². The summed E-state index contributed by atoms with van der Waals surface area (Å²) in [6.45, 7) is -0.128. The molecule has 0 radical (unpaired) electrons. The van der Waals surface area contributed by atoms with Crippen LogP contribution < -0.4 is 0 Å². The van der Waals surface area contributed by atoms with E-state index in [0.717, 1.165) is 0 Å². The molecule has 4 heteroatoms.